The van der Waals surface area contributed by atoms with Crippen molar-refractivity contribution in [3.8, 4) is 0 Å². The summed E-state index contributed by atoms with van der Waals surface area (Å²) in [5.74, 6) is 0. The molecule has 0 aromatic heterocycles. The third kappa shape index (κ3) is 2.30. The van der Waals surface area contributed by atoms with Crippen molar-refractivity contribution in [3.63, 3.8) is 0 Å². The molecule has 1 rings (SSSR count). The van der Waals surface area contributed by atoms with Crippen LogP contribution in [0, 0.1) is 0 Å². The Balaban J connectivity index is 2.19. The van der Waals surface area contributed by atoms with E-state index < -0.39 is 0 Å². The first kappa shape index (κ1) is 6.99. The highest BCUT2D eigenvalue weighted by Gasteiger charge is 2.39. The fraction of sp³-hybridized carbons (Fsp3) is 1.00. The van der Waals surface area contributed by atoms with Crippen LogP contribution in [0.2, 0.25) is 0 Å². The number of ether oxygens (including phenoxy) is 2. The molecule has 0 aromatic carbocycles. The molecule has 0 aliphatic carbocycles. The van der Waals surface area contributed by atoms with Crippen molar-refractivity contribution in [3.05, 3.63) is 0 Å². The van der Waals surface area contributed by atoms with Crippen LogP contribution in [0.3, 0.4) is 0 Å². The van der Waals surface area contributed by atoms with Gasteiger partial charge >= 0.3 is 0 Å². The van der Waals surface area contributed by atoms with Crippen LogP contribution in [0.25, 0.3) is 0 Å². The molecular formula is C6H13NO2. The summed E-state index contributed by atoms with van der Waals surface area (Å²) < 4.78 is 10.2. The summed E-state index contributed by atoms with van der Waals surface area (Å²) in [6.45, 7) is 5.92. The molecule has 0 aromatic rings. The molecular weight excluding hydrogens is 118 g/mol. The lowest BCUT2D eigenvalue weighted by atomic mass is 10.2. The zero-order chi connectivity index (χ0) is 7.07. The Hall–Kier alpha value is -0.120. The largest absolute Gasteiger partial charge is 0.343 e. The van der Waals surface area contributed by atoms with Crippen molar-refractivity contribution < 1.29 is 9.47 Å². The summed E-state index contributed by atoms with van der Waals surface area (Å²) in [6.07, 6.45) is -0.353. The lowest BCUT2D eigenvalue weighted by Gasteiger charge is -2.16. The maximum Gasteiger partial charge on any atom is 0.199 e. The maximum absolute atomic E-state index is 5.33. The summed E-state index contributed by atoms with van der Waals surface area (Å²) in [7, 11) is 0. The van der Waals surface area contributed by atoms with Crippen LogP contribution in [0.4, 0.5) is 0 Å². The Labute approximate surface area is 55.1 Å². The number of hydrogen-bond acceptors (Lipinski definition) is 3. The minimum absolute atomic E-state index is 0.140. The van der Waals surface area contributed by atoms with Gasteiger partial charge in [-0.05, 0) is 20.8 Å². The van der Waals surface area contributed by atoms with E-state index in [1.807, 2.05) is 20.8 Å². The molecule has 1 aliphatic heterocycles. The van der Waals surface area contributed by atoms with E-state index in [9.17, 15) is 0 Å². The fourth-order valence-electron chi connectivity index (χ4n) is 0.553. The summed E-state index contributed by atoms with van der Waals surface area (Å²) in [6, 6.07) is 0. The van der Waals surface area contributed by atoms with E-state index in [1.165, 1.54) is 0 Å². The second-order valence-corrected chi connectivity index (χ2v) is 3.20. The Bertz CT molecular complexity index is 108. The van der Waals surface area contributed by atoms with Crippen molar-refractivity contribution in [2.75, 3.05) is 0 Å². The van der Waals surface area contributed by atoms with E-state index in [-0.39, 0.29) is 18.1 Å². The third-order valence-electron chi connectivity index (χ3n) is 0.953. The molecule has 0 bridgehead atoms. The Morgan fingerprint density at radius 3 is 2.00 bits per heavy atom. The molecule has 0 spiro atoms. The van der Waals surface area contributed by atoms with Crippen LogP contribution in [0.5, 0.6) is 0 Å². The predicted octanol–water partition coefficient (Wildman–Crippen LogP) is 0.443. The first-order chi connectivity index (χ1) is 3.99. The number of rotatable bonds is 1. The van der Waals surface area contributed by atoms with Gasteiger partial charge in [0.25, 0.3) is 0 Å². The minimum Gasteiger partial charge on any atom is -0.343 e. The van der Waals surface area contributed by atoms with Crippen molar-refractivity contribution in [2.45, 2.75) is 38.9 Å². The van der Waals surface area contributed by atoms with E-state index in [1.54, 1.807) is 0 Å². The van der Waals surface area contributed by atoms with Gasteiger partial charge in [0.05, 0.1) is 5.60 Å². The summed E-state index contributed by atoms with van der Waals surface area (Å²) in [4.78, 5) is 0. The second kappa shape index (κ2) is 1.94. The van der Waals surface area contributed by atoms with Crippen LogP contribution < -0.4 is 5.73 Å². The summed E-state index contributed by atoms with van der Waals surface area (Å²) >= 11 is 0. The summed E-state index contributed by atoms with van der Waals surface area (Å²) in [5, 5.41) is 0. The van der Waals surface area contributed by atoms with E-state index >= 15 is 0 Å². The summed E-state index contributed by atoms with van der Waals surface area (Å²) in [5.41, 5.74) is 5.19. The first-order valence-electron chi connectivity index (χ1n) is 3.08. The van der Waals surface area contributed by atoms with Gasteiger partial charge < -0.3 is 15.2 Å². The average molecular weight is 131 g/mol. The predicted molar refractivity (Wildman–Crippen MR) is 33.7 cm³/mol. The van der Waals surface area contributed by atoms with E-state index in [4.69, 9.17) is 15.2 Å². The highest BCUT2D eigenvalue weighted by molar-refractivity contribution is 4.73. The maximum atomic E-state index is 5.33. The monoisotopic (exact) mass is 131 g/mol. The van der Waals surface area contributed by atoms with Gasteiger partial charge in [-0.2, -0.15) is 0 Å². The molecule has 1 aliphatic rings. The van der Waals surface area contributed by atoms with Gasteiger partial charge in [-0.1, -0.05) is 0 Å². The van der Waals surface area contributed by atoms with Gasteiger partial charge in [-0.3, -0.25) is 0 Å². The Morgan fingerprint density at radius 2 is 1.89 bits per heavy atom. The van der Waals surface area contributed by atoms with Crippen molar-refractivity contribution >= 4 is 0 Å². The highest BCUT2D eigenvalue weighted by atomic mass is 16.8. The first-order valence-corrected chi connectivity index (χ1v) is 3.08. The molecule has 54 valence electrons. The average Bonchev–Trinajstić information content (AvgIpc) is 2.13. The second-order valence-electron chi connectivity index (χ2n) is 3.20. The van der Waals surface area contributed by atoms with Crippen LogP contribution >= 0.6 is 0 Å². The molecule has 1 fully saturated rings. The molecule has 1 heterocycles. The van der Waals surface area contributed by atoms with Gasteiger partial charge in [0.15, 0.2) is 12.5 Å². The molecule has 2 atom stereocenters. The number of epoxide rings is 1. The van der Waals surface area contributed by atoms with Crippen molar-refractivity contribution in [2.24, 2.45) is 5.73 Å². The van der Waals surface area contributed by atoms with E-state index in [0.29, 0.717) is 0 Å². The SMILES string of the molecule is CC(C)(C)OC1OC1N. The molecule has 0 amide bonds. The molecule has 0 saturated carbocycles. The van der Waals surface area contributed by atoms with Gasteiger partial charge in [0.1, 0.15) is 0 Å². The van der Waals surface area contributed by atoms with Crippen LogP contribution in [0.15, 0.2) is 0 Å². The third-order valence-corrected chi connectivity index (χ3v) is 0.953. The van der Waals surface area contributed by atoms with Gasteiger partial charge in [0, 0.05) is 0 Å². The molecule has 2 unspecified atom stereocenters. The standard InChI is InChI=1S/C6H13NO2/c1-6(2,3)9-5-4(7)8-5/h4-5H,7H2,1-3H3. The fourth-order valence-corrected chi connectivity index (χ4v) is 0.553. The number of nitrogens with two attached hydrogens (primary N) is 1. The molecule has 1 saturated heterocycles. The molecule has 3 heteroatoms. The molecule has 2 N–H and O–H groups in total. The minimum atomic E-state index is -0.191. The Morgan fingerprint density at radius 1 is 1.44 bits per heavy atom. The van der Waals surface area contributed by atoms with Crippen molar-refractivity contribution in [1.82, 2.24) is 0 Å². The quantitative estimate of drug-likeness (QED) is 0.525. The van der Waals surface area contributed by atoms with E-state index in [2.05, 4.69) is 0 Å². The smallest absolute Gasteiger partial charge is 0.199 e. The van der Waals surface area contributed by atoms with Gasteiger partial charge in [-0.15, -0.1) is 0 Å². The topological polar surface area (TPSA) is 47.8 Å². The molecule has 9 heavy (non-hydrogen) atoms. The van der Waals surface area contributed by atoms with Crippen LogP contribution in [-0.4, -0.2) is 18.1 Å². The Kier molecular flexibility index (Phi) is 1.50. The molecule has 0 radical (unpaired) electrons. The van der Waals surface area contributed by atoms with Gasteiger partial charge in [0.2, 0.25) is 0 Å². The zero-order valence-electron chi connectivity index (χ0n) is 6.05. The lowest BCUT2D eigenvalue weighted by Crippen LogP contribution is -2.23. The van der Waals surface area contributed by atoms with Crippen molar-refractivity contribution in [1.29, 1.82) is 0 Å². The lowest BCUT2D eigenvalue weighted by molar-refractivity contribution is -0.0569. The van der Waals surface area contributed by atoms with E-state index in [0.717, 1.165) is 0 Å². The van der Waals surface area contributed by atoms with Crippen LogP contribution in [0.1, 0.15) is 20.8 Å². The van der Waals surface area contributed by atoms with Crippen LogP contribution in [-0.2, 0) is 9.47 Å². The van der Waals surface area contributed by atoms with Gasteiger partial charge in [-0.25, -0.2) is 0 Å². The zero-order valence-corrected chi connectivity index (χ0v) is 6.05. The number of hydrogen-bond donors (Lipinski definition) is 1. The highest BCUT2D eigenvalue weighted by Crippen LogP contribution is 2.23. The molecule has 3 nitrogen and oxygen atoms in total. The normalized spacial score (nSPS) is 34.7.